The van der Waals surface area contributed by atoms with Crippen LogP contribution >= 0.6 is 11.6 Å². The van der Waals surface area contributed by atoms with Crippen molar-refractivity contribution in [2.75, 3.05) is 44.2 Å². The highest BCUT2D eigenvalue weighted by Crippen LogP contribution is 2.34. The van der Waals surface area contributed by atoms with Gasteiger partial charge in [-0.25, -0.2) is 9.48 Å². The largest absolute Gasteiger partial charge is 0.444 e. The molecule has 2 fully saturated rings. The van der Waals surface area contributed by atoms with E-state index in [4.69, 9.17) is 21.4 Å². The van der Waals surface area contributed by atoms with E-state index in [1.165, 1.54) is 11.1 Å². The second-order valence-corrected chi connectivity index (χ2v) is 12.6. The molecule has 9 heteroatoms. The molecule has 5 rings (SSSR count). The molecule has 3 heterocycles. The summed E-state index contributed by atoms with van der Waals surface area (Å²) in [5.74, 6) is 0.104. The molecule has 2 saturated heterocycles. The number of halogens is 1. The zero-order valence-electron chi connectivity index (χ0n) is 24.7. The molecule has 0 unspecified atom stereocenters. The highest BCUT2D eigenvalue weighted by molar-refractivity contribution is 6.30. The summed E-state index contributed by atoms with van der Waals surface area (Å²) in [4.78, 5) is 32.7. The molecular weight excluding hydrogens is 538 g/mol. The van der Waals surface area contributed by atoms with E-state index < -0.39 is 5.60 Å². The van der Waals surface area contributed by atoms with Crippen LogP contribution in [0.3, 0.4) is 0 Å². The lowest BCUT2D eigenvalue weighted by Gasteiger charge is -2.37. The van der Waals surface area contributed by atoms with Crippen molar-refractivity contribution in [1.82, 2.24) is 19.6 Å². The number of carbonyl (C=O) groups excluding carboxylic acids is 2. The topological polar surface area (TPSA) is 70.9 Å². The van der Waals surface area contributed by atoms with Gasteiger partial charge in [-0.1, -0.05) is 17.7 Å². The Hall–Kier alpha value is -3.52. The Bertz CT molecular complexity index is 1400. The van der Waals surface area contributed by atoms with Crippen LogP contribution in [0.25, 0.3) is 5.69 Å². The monoisotopic (exact) mass is 577 g/mol. The highest BCUT2D eigenvalue weighted by Gasteiger charge is 2.34. The fourth-order valence-corrected chi connectivity index (χ4v) is 5.76. The van der Waals surface area contributed by atoms with E-state index in [2.05, 4.69) is 36.9 Å². The maximum Gasteiger partial charge on any atom is 0.410 e. The minimum Gasteiger partial charge on any atom is -0.444 e. The van der Waals surface area contributed by atoms with Gasteiger partial charge in [0.15, 0.2) is 0 Å². The number of benzene rings is 2. The van der Waals surface area contributed by atoms with E-state index in [1.54, 1.807) is 11.1 Å². The zero-order chi connectivity index (χ0) is 29.3. The first-order valence-electron chi connectivity index (χ1n) is 14.4. The average Bonchev–Trinajstić information content (AvgIpc) is 3.39. The first-order valence-corrected chi connectivity index (χ1v) is 14.8. The number of piperazine rings is 1. The maximum absolute atomic E-state index is 14.0. The van der Waals surface area contributed by atoms with Crippen molar-refractivity contribution in [3.63, 3.8) is 0 Å². The Morgan fingerprint density at radius 1 is 0.854 bits per heavy atom. The minimum atomic E-state index is -0.535. The van der Waals surface area contributed by atoms with Crippen molar-refractivity contribution in [1.29, 1.82) is 0 Å². The van der Waals surface area contributed by atoms with E-state index in [0.29, 0.717) is 36.8 Å². The lowest BCUT2D eigenvalue weighted by Crippen LogP contribution is -2.49. The van der Waals surface area contributed by atoms with Crippen LogP contribution in [-0.4, -0.2) is 76.5 Å². The second kappa shape index (κ2) is 11.8. The van der Waals surface area contributed by atoms with Crippen LogP contribution in [0.15, 0.2) is 48.7 Å². The molecule has 0 radical (unpaired) electrons. The number of hydrogen-bond donors (Lipinski definition) is 0. The quantitative estimate of drug-likeness (QED) is 0.368. The summed E-state index contributed by atoms with van der Waals surface area (Å²) in [5, 5.41) is 5.48. The highest BCUT2D eigenvalue weighted by atomic mass is 35.5. The average molecular weight is 578 g/mol. The van der Waals surface area contributed by atoms with Crippen LogP contribution < -0.4 is 4.90 Å². The van der Waals surface area contributed by atoms with Gasteiger partial charge in [0.25, 0.3) is 5.91 Å². The van der Waals surface area contributed by atoms with Gasteiger partial charge in [-0.05, 0) is 95.0 Å². The molecule has 2 amide bonds. The molecule has 0 bridgehead atoms. The van der Waals surface area contributed by atoms with Gasteiger partial charge in [0.1, 0.15) is 5.60 Å². The van der Waals surface area contributed by atoms with Gasteiger partial charge in [0, 0.05) is 55.9 Å². The fraction of sp³-hybridized carbons (Fsp3) is 0.469. The number of nitrogens with zero attached hydrogens (tertiary/aromatic N) is 5. The smallest absolute Gasteiger partial charge is 0.410 e. The molecule has 0 aliphatic carbocycles. The number of carbonyl (C=O) groups is 2. The third-order valence-corrected chi connectivity index (χ3v) is 8.32. The molecule has 3 aromatic rings. The predicted octanol–water partition coefficient (Wildman–Crippen LogP) is 6.22. The Morgan fingerprint density at radius 2 is 1.49 bits per heavy atom. The van der Waals surface area contributed by atoms with E-state index in [1.807, 2.05) is 54.6 Å². The summed E-state index contributed by atoms with van der Waals surface area (Å²) in [6.45, 7) is 13.7. The van der Waals surface area contributed by atoms with Gasteiger partial charge >= 0.3 is 6.09 Å². The van der Waals surface area contributed by atoms with Crippen molar-refractivity contribution in [3.8, 4) is 5.69 Å². The lowest BCUT2D eigenvalue weighted by molar-refractivity contribution is 0.0203. The summed E-state index contributed by atoms with van der Waals surface area (Å²) in [6, 6.07) is 14.1. The Kier molecular flexibility index (Phi) is 8.32. The molecule has 0 spiro atoms. The predicted molar refractivity (Wildman–Crippen MR) is 162 cm³/mol. The number of anilines is 1. The van der Waals surface area contributed by atoms with Crippen LogP contribution in [0, 0.1) is 13.8 Å². The molecule has 0 N–H and O–H groups in total. The van der Waals surface area contributed by atoms with Crippen molar-refractivity contribution < 1.29 is 14.3 Å². The first-order chi connectivity index (χ1) is 19.5. The zero-order valence-corrected chi connectivity index (χ0v) is 25.4. The Morgan fingerprint density at radius 3 is 2.10 bits per heavy atom. The molecular formula is C32H40ClN5O3. The molecule has 0 saturated carbocycles. The number of amides is 2. The van der Waals surface area contributed by atoms with Crippen LogP contribution in [0.1, 0.15) is 66.7 Å². The molecule has 2 aliphatic heterocycles. The molecule has 2 aromatic carbocycles. The SMILES string of the molecule is Cc1ccc(-n2ncc(C(=O)N3CCN(c4ccc(Cl)cc4)CC3)c2C2CCN(C(=O)OC(C)(C)C)CC2)cc1C. The van der Waals surface area contributed by atoms with Gasteiger partial charge < -0.3 is 19.4 Å². The second-order valence-electron chi connectivity index (χ2n) is 12.1. The molecule has 0 atom stereocenters. The summed E-state index contributed by atoms with van der Waals surface area (Å²) >= 11 is 6.07. The molecule has 1 aromatic heterocycles. The third kappa shape index (κ3) is 6.53. The normalized spacial score (nSPS) is 16.7. The van der Waals surface area contributed by atoms with E-state index in [9.17, 15) is 9.59 Å². The number of hydrogen-bond acceptors (Lipinski definition) is 5. The molecule has 2 aliphatic rings. The van der Waals surface area contributed by atoms with Crippen LogP contribution in [0.2, 0.25) is 5.02 Å². The maximum atomic E-state index is 14.0. The van der Waals surface area contributed by atoms with Gasteiger partial charge in [-0.3, -0.25) is 4.79 Å². The molecule has 41 heavy (non-hydrogen) atoms. The molecule has 8 nitrogen and oxygen atoms in total. The van der Waals surface area contributed by atoms with Gasteiger partial charge in [-0.15, -0.1) is 0 Å². The number of rotatable bonds is 4. The number of piperidine rings is 1. The fourth-order valence-electron chi connectivity index (χ4n) is 5.63. The Balaban J connectivity index is 1.37. The minimum absolute atomic E-state index is 0.0143. The number of aromatic nitrogens is 2. The lowest BCUT2D eigenvalue weighted by atomic mass is 9.90. The summed E-state index contributed by atoms with van der Waals surface area (Å²) in [5.41, 5.74) is 5.50. The molecule has 218 valence electrons. The summed E-state index contributed by atoms with van der Waals surface area (Å²) < 4.78 is 7.55. The van der Waals surface area contributed by atoms with Crippen LogP contribution in [0.4, 0.5) is 10.5 Å². The summed E-state index contributed by atoms with van der Waals surface area (Å²) in [6.07, 6.45) is 2.92. The van der Waals surface area contributed by atoms with E-state index in [-0.39, 0.29) is 17.9 Å². The number of ether oxygens (including phenoxy) is 1. The standard InChI is InChI=1S/C32H40ClN5O3/c1-22-6-9-27(20-23(22)2)38-29(24-12-14-37(15-13-24)31(40)41-32(3,4)5)28(21-34-38)30(39)36-18-16-35(17-19-36)26-10-7-25(33)8-11-26/h6-11,20-21,24H,12-19H2,1-5H3. The van der Waals surface area contributed by atoms with Crippen molar-refractivity contribution in [2.45, 2.75) is 59.0 Å². The Labute approximate surface area is 247 Å². The van der Waals surface area contributed by atoms with Gasteiger partial charge in [-0.2, -0.15) is 5.10 Å². The van der Waals surface area contributed by atoms with Gasteiger partial charge in [0.2, 0.25) is 0 Å². The van der Waals surface area contributed by atoms with Crippen molar-refractivity contribution in [2.24, 2.45) is 0 Å². The number of likely N-dealkylation sites (tertiary alicyclic amines) is 1. The number of aryl methyl sites for hydroxylation is 2. The van der Waals surface area contributed by atoms with Gasteiger partial charge in [0.05, 0.1) is 23.1 Å². The summed E-state index contributed by atoms with van der Waals surface area (Å²) in [7, 11) is 0. The van der Waals surface area contributed by atoms with E-state index in [0.717, 1.165) is 43.0 Å². The van der Waals surface area contributed by atoms with Crippen LogP contribution in [-0.2, 0) is 4.74 Å². The first kappa shape index (κ1) is 29.0. The van der Waals surface area contributed by atoms with Crippen LogP contribution in [0.5, 0.6) is 0 Å². The van der Waals surface area contributed by atoms with Crippen molar-refractivity contribution in [3.05, 3.63) is 76.1 Å². The van der Waals surface area contributed by atoms with Crippen molar-refractivity contribution >= 4 is 29.3 Å². The third-order valence-electron chi connectivity index (χ3n) is 8.06. The van der Waals surface area contributed by atoms with E-state index >= 15 is 0 Å².